The Morgan fingerprint density at radius 3 is 2.58 bits per heavy atom. The molecule has 0 unspecified atom stereocenters. The number of likely N-dealkylation sites (tertiary alicyclic amines) is 1. The van der Waals surface area contributed by atoms with E-state index in [1.54, 1.807) is 6.20 Å². The molecular formula is C19H21F3N4O5. The summed E-state index contributed by atoms with van der Waals surface area (Å²) in [7, 11) is 0. The summed E-state index contributed by atoms with van der Waals surface area (Å²) < 4.78 is 43.0. The molecule has 31 heavy (non-hydrogen) atoms. The zero-order valence-corrected chi connectivity index (χ0v) is 16.6. The molecule has 168 valence electrons. The monoisotopic (exact) mass is 442 g/mol. The van der Waals surface area contributed by atoms with Crippen LogP contribution in [0.4, 0.5) is 13.2 Å². The average Bonchev–Trinajstić information content (AvgIpc) is 3.37. The molecule has 12 heteroatoms. The second kappa shape index (κ2) is 9.41. The summed E-state index contributed by atoms with van der Waals surface area (Å²) in [5.74, 6) is -0.968. The minimum atomic E-state index is -5.08. The van der Waals surface area contributed by atoms with Gasteiger partial charge in [-0.25, -0.2) is 4.79 Å². The summed E-state index contributed by atoms with van der Waals surface area (Å²) in [6.45, 7) is 3.23. The predicted octanol–water partition coefficient (Wildman–Crippen LogP) is 1.81. The summed E-state index contributed by atoms with van der Waals surface area (Å²) in [6.07, 6.45) is -1.21. The average molecular weight is 442 g/mol. The molecular weight excluding hydrogens is 421 g/mol. The Balaban J connectivity index is 0.000000339. The van der Waals surface area contributed by atoms with Gasteiger partial charge in [0.15, 0.2) is 5.82 Å². The van der Waals surface area contributed by atoms with E-state index >= 15 is 0 Å². The van der Waals surface area contributed by atoms with Crippen LogP contribution in [0.3, 0.4) is 0 Å². The number of aryl methyl sites for hydroxylation is 1. The number of carbonyl (C=O) groups excluding carboxylic acids is 1. The van der Waals surface area contributed by atoms with Gasteiger partial charge in [0.1, 0.15) is 0 Å². The predicted molar refractivity (Wildman–Crippen MR) is 97.7 cm³/mol. The van der Waals surface area contributed by atoms with Crippen molar-refractivity contribution in [2.24, 2.45) is 5.92 Å². The Bertz CT molecular complexity index is 891. The molecule has 1 amide bonds. The third-order valence-corrected chi connectivity index (χ3v) is 4.94. The number of alkyl halides is 3. The molecule has 0 saturated carbocycles. The van der Waals surface area contributed by atoms with E-state index in [0.29, 0.717) is 37.0 Å². The zero-order valence-electron chi connectivity index (χ0n) is 16.6. The van der Waals surface area contributed by atoms with Crippen LogP contribution in [0.5, 0.6) is 0 Å². The largest absolute Gasteiger partial charge is 0.490 e. The summed E-state index contributed by atoms with van der Waals surface area (Å²) in [4.78, 5) is 31.7. The molecule has 9 nitrogen and oxygen atoms in total. The van der Waals surface area contributed by atoms with Gasteiger partial charge in [0.25, 0.3) is 0 Å². The van der Waals surface area contributed by atoms with Crippen LogP contribution in [0.1, 0.15) is 23.8 Å². The molecule has 2 fully saturated rings. The Morgan fingerprint density at radius 1 is 1.29 bits per heavy atom. The second-order valence-corrected chi connectivity index (χ2v) is 7.33. The number of rotatable bonds is 4. The van der Waals surface area contributed by atoms with E-state index in [1.807, 2.05) is 30.0 Å². The van der Waals surface area contributed by atoms with Gasteiger partial charge in [0.2, 0.25) is 11.8 Å². The fourth-order valence-corrected chi connectivity index (χ4v) is 3.58. The van der Waals surface area contributed by atoms with Gasteiger partial charge in [-0.15, -0.1) is 0 Å². The summed E-state index contributed by atoms with van der Waals surface area (Å²) >= 11 is 0. The fraction of sp³-hybridized carbons (Fsp3) is 0.526. The number of carboxylic acids is 1. The highest BCUT2D eigenvalue weighted by molar-refractivity contribution is 5.78. The first-order valence-electron chi connectivity index (χ1n) is 9.54. The Morgan fingerprint density at radius 2 is 2.03 bits per heavy atom. The van der Waals surface area contributed by atoms with Crippen molar-refractivity contribution in [1.82, 2.24) is 20.0 Å². The highest BCUT2D eigenvalue weighted by atomic mass is 19.4. The van der Waals surface area contributed by atoms with Gasteiger partial charge < -0.3 is 19.3 Å². The van der Waals surface area contributed by atoms with E-state index < -0.39 is 12.1 Å². The number of halogens is 3. The number of aromatic nitrogens is 3. The van der Waals surface area contributed by atoms with E-state index in [-0.39, 0.29) is 18.1 Å². The number of ether oxygens (including phenoxy) is 1. The highest BCUT2D eigenvalue weighted by Gasteiger charge is 2.43. The minimum absolute atomic E-state index is 0.105. The van der Waals surface area contributed by atoms with Crippen molar-refractivity contribution in [1.29, 1.82) is 0 Å². The molecule has 0 bridgehead atoms. The van der Waals surface area contributed by atoms with E-state index in [4.69, 9.17) is 19.2 Å². The van der Waals surface area contributed by atoms with Gasteiger partial charge in [-0.1, -0.05) is 11.2 Å². The van der Waals surface area contributed by atoms with Crippen molar-refractivity contribution in [2.75, 3.05) is 13.1 Å². The maximum absolute atomic E-state index is 12.4. The Hall–Kier alpha value is -3.02. The fourth-order valence-electron chi connectivity index (χ4n) is 3.58. The van der Waals surface area contributed by atoms with Crippen LogP contribution < -0.4 is 0 Å². The van der Waals surface area contributed by atoms with Gasteiger partial charge in [-0.2, -0.15) is 18.2 Å². The molecule has 4 rings (SSSR count). The standard InChI is InChI=1S/C17H20N4O3.C2HF3O2/c1-11-19-16(24-20-11)8-14-6-12-9-21(10-15(12)23-14)17(22)7-13-4-2-3-5-18-13;3-2(4,5)1(6)7/h2-5,12,14-15H,6-10H2,1H3;(H,6,7)/t12-,14-,15+;/m0./s1. The third-order valence-electron chi connectivity index (χ3n) is 4.94. The molecule has 0 aromatic carbocycles. The van der Waals surface area contributed by atoms with Crippen LogP contribution in [-0.2, 0) is 27.2 Å². The third kappa shape index (κ3) is 6.23. The molecule has 0 spiro atoms. The van der Waals surface area contributed by atoms with Gasteiger partial charge >= 0.3 is 12.1 Å². The summed E-state index contributed by atoms with van der Waals surface area (Å²) in [5, 5.41) is 10.9. The van der Waals surface area contributed by atoms with Crippen molar-refractivity contribution in [3.8, 4) is 0 Å². The Kier molecular flexibility index (Phi) is 6.88. The summed E-state index contributed by atoms with van der Waals surface area (Å²) in [5.41, 5.74) is 0.810. The molecule has 4 heterocycles. The quantitative estimate of drug-likeness (QED) is 0.762. The zero-order chi connectivity index (χ0) is 22.6. The van der Waals surface area contributed by atoms with Crippen LogP contribution >= 0.6 is 0 Å². The van der Waals surface area contributed by atoms with Crippen molar-refractivity contribution in [2.45, 2.75) is 44.6 Å². The van der Waals surface area contributed by atoms with E-state index in [2.05, 4.69) is 15.1 Å². The number of hydrogen-bond donors (Lipinski definition) is 1. The number of aliphatic carboxylic acids is 1. The number of pyridine rings is 1. The lowest BCUT2D eigenvalue weighted by Crippen LogP contribution is -2.33. The van der Waals surface area contributed by atoms with Crippen LogP contribution in [0.25, 0.3) is 0 Å². The lowest BCUT2D eigenvalue weighted by Gasteiger charge is -2.19. The molecule has 1 N–H and O–H groups in total. The van der Waals surface area contributed by atoms with E-state index in [1.165, 1.54) is 0 Å². The smallest absolute Gasteiger partial charge is 0.475 e. The first-order valence-corrected chi connectivity index (χ1v) is 9.54. The second-order valence-electron chi connectivity index (χ2n) is 7.33. The number of fused-ring (bicyclic) bond motifs is 1. The number of nitrogens with zero attached hydrogens (tertiary/aromatic N) is 4. The number of amides is 1. The van der Waals surface area contributed by atoms with E-state index in [9.17, 15) is 18.0 Å². The molecule has 3 atom stereocenters. The maximum atomic E-state index is 12.4. The van der Waals surface area contributed by atoms with Gasteiger partial charge in [-0.05, 0) is 25.5 Å². The maximum Gasteiger partial charge on any atom is 0.490 e. The van der Waals surface area contributed by atoms with E-state index in [0.717, 1.165) is 18.7 Å². The van der Waals surface area contributed by atoms with Crippen molar-refractivity contribution < 1.29 is 37.1 Å². The molecule has 2 aliphatic heterocycles. The molecule has 2 aromatic rings. The first kappa shape index (κ1) is 22.7. The first-order chi connectivity index (χ1) is 14.6. The lowest BCUT2D eigenvalue weighted by atomic mass is 10.0. The Labute approximate surface area is 175 Å². The van der Waals surface area contributed by atoms with Crippen molar-refractivity contribution in [3.63, 3.8) is 0 Å². The number of carbonyl (C=O) groups is 2. The van der Waals surface area contributed by atoms with Crippen molar-refractivity contribution >= 4 is 11.9 Å². The van der Waals surface area contributed by atoms with Crippen LogP contribution in [0.15, 0.2) is 28.9 Å². The highest BCUT2D eigenvalue weighted by Crippen LogP contribution is 2.34. The van der Waals surface area contributed by atoms with Gasteiger partial charge in [-0.3, -0.25) is 9.78 Å². The molecule has 2 saturated heterocycles. The minimum Gasteiger partial charge on any atom is -0.475 e. The number of hydrogen-bond acceptors (Lipinski definition) is 7. The van der Waals surface area contributed by atoms with Crippen LogP contribution in [-0.4, -0.2) is 68.5 Å². The molecule has 0 aliphatic carbocycles. The SMILES string of the molecule is Cc1noc(C[C@@H]2C[C@H]3CN(C(=O)Cc4ccccn4)C[C@H]3O2)n1.O=C(O)C(F)(F)F. The molecule has 2 aromatic heterocycles. The topological polar surface area (TPSA) is 119 Å². The normalized spacial score (nSPS) is 22.6. The molecule has 2 aliphatic rings. The van der Waals surface area contributed by atoms with Crippen LogP contribution in [0.2, 0.25) is 0 Å². The lowest BCUT2D eigenvalue weighted by molar-refractivity contribution is -0.192. The van der Waals surface area contributed by atoms with Crippen molar-refractivity contribution in [3.05, 3.63) is 41.8 Å². The number of carboxylic acid groups (broad SMARTS) is 1. The summed E-state index contributed by atoms with van der Waals surface area (Å²) in [6, 6.07) is 5.64. The van der Waals surface area contributed by atoms with Gasteiger partial charge in [0.05, 0.1) is 25.0 Å². The van der Waals surface area contributed by atoms with Gasteiger partial charge in [0, 0.05) is 30.9 Å². The van der Waals surface area contributed by atoms with Crippen LogP contribution in [0, 0.1) is 12.8 Å². The molecule has 0 radical (unpaired) electrons.